The highest BCUT2D eigenvalue weighted by Gasteiger charge is 2.00. The molecule has 1 heterocycles. The van der Waals surface area contributed by atoms with Crippen LogP contribution in [0.4, 0.5) is 4.39 Å². The lowest BCUT2D eigenvalue weighted by molar-refractivity contribution is 0.480. The number of nitrogens with zero attached hydrogens (tertiary/aromatic N) is 2. The van der Waals surface area contributed by atoms with Gasteiger partial charge in [-0.25, -0.2) is 9.07 Å². The van der Waals surface area contributed by atoms with E-state index in [4.69, 9.17) is 4.74 Å². The molecule has 3 rings (SSSR count). The van der Waals surface area contributed by atoms with Crippen molar-refractivity contribution >= 4 is 0 Å². The standard InChI is InChI=1S/C15H11FN2O/c16-12-2-6-14(7-3-12)19-15-8-4-13(5-9-15)18-11-1-10-17-18/h1-11H. The van der Waals surface area contributed by atoms with Gasteiger partial charge in [-0.15, -0.1) is 0 Å². The Kier molecular flexibility index (Phi) is 2.98. The summed E-state index contributed by atoms with van der Waals surface area (Å²) in [7, 11) is 0. The lowest BCUT2D eigenvalue weighted by atomic mass is 10.3. The van der Waals surface area contributed by atoms with E-state index < -0.39 is 0 Å². The Hall–Kier alpha value is -2.62. The van der Waals surface area contributed by atoms with E-state index in [1.807, 2.05) is 36.5 Å². The highest BCUT2D eigenvalue weighted by Crippen LogP contribution is 2.22. The van der Waals surface area contributed by atoms with Crippen molar-refractivity contribution in [1.29, 1.82) is 0 Å². The third kappa shape index (κ3) is 2.63. The largest absolute Gasteiger partial charge is 0.457 e. The SMILES string of the molecule is Fc1ccc(Oc2ccc(-n3cccn3)cc2)cc1. The smallest absolute Gasteiger partial charge is 0.127 e. The molecule has 0 bridgehead atoms. The van der Waals surface area contributed by atoms with Gasteiger partial charge in [0.15, 0.2) is 0 Å². The van der Waals surface area contributed by atoms with Crippen LogP contribution in [-0.2, 0) is 0 Å². The van der Waals surface area contributed by atoms with Crippen LogP contribution in [0, 0.1) is 5.82 Å². The van der Waals surface area contributed by atoms with Crippen LogP contribution in [0.25, 0.3) is 5.69 Å². The molecule has 2 aromatic carbocycles. The van der Waals surface area contributed by atoms with Gasteiger partial charge in [0, 0.05) is 12.4 Å². The molecule has 0 fully saturated rings. The maximum absolute atomic E-state index is 12.8. The summed E-state index contributed by atoms with van der Waals surface area (Å²) in [5, 5.41) is 4.14. The summed E-state index contributed by atoms with van der Waals surface area (Å²) in [5.74, 6) is 1.03. The summed E-state index contributed by atoms with van der Waals surface area (Å²) >= 11 is 0. The first kappa shape index (κ1) is 11.5. The van der Waals surface area contributed by atoms with E-state index in [9.17, 15) is 4.39 Å². The second-order valence-corrected chi connectivity index (χ2v) is 4.00. The van der Waals surface area contributed by atoms with Crippen LogP contribution in [0.2, 0.25) is 0 Å². The first-order valence-corrected chi connectivity index (χ1v) is 5.85. The van der Waals surface area contributed by atoms with Crippen LogP contribution >= 0.6 is 0 Å². The molecule has 0 unspecified atom stereocenters. The minimum atomic E-state index is -0.276. The molecule has 0 spiro atoms. The molecule has 4 heteroatoms. The highest BCUT2D eigenvalue weighted by molar-refractivity contribution is 5.38. The molecule has 0 aliphatic rings. The molecule has 0 aliphatic heterocycles. The normalized spacial score (nSPS) is 10.4. The lowest BCUT2D eigenvalue weighted by Gasteiger charge is -2.06. The summed E-state index contributed by atoms with van der Waals surface area (Å²) in [4.78, 5) is 0. The summed E-state index contributed by atoms with van der Waals surface area (Å²) in [6.45, 7) is 0. The van der Waals surface area contributed by atoms with Gasteiger partial charge in [-0.1, -0.05) is 0 Å². The van der Waals surface area contributed by atoms with Gasteiger partial charge >= 0.3 is 0 Å². The Balaban J connectivity index is 1.77. The maximum Gasteiger partial charge on any atom is 0.127 e. The van der Waals surface area contributed by atoms with Crippen molar-refractivity contribution in [1.82, 2.24) is 9.78 Å². The van der Waals surface area contributed by atoms with Gasteiger partial charge in [-0.3, -0.25) is 0 Å². The Morgan fingerprint density at radius 1 is 0.895 bits per heavy atom. The molecule has 19 heavy (non-hydrogen) atoms. The highest BCUT2D eigenvalue weighted by atomic mass is 19.1. The molecule has 94 valence electrons. The average molecular weight is 254 g/mol. The van der Waals surface area contributed by atoms with Crippen molar-refractivity contribution in [2.75, 3.05) is 0 Å². The quantitative estimate of drug-likeness (QED) is 0.710. The van der Waals surface area contributed by atoms with E-state index in [-0.39, 0.29) is 5.82 Å². The van der Waals surface area contributed by atoms with E-state index in [2.05, 4.69) is 5.10 Å². The number of benzene rings is 2. The van der Waals surface area contributed by atoms with Crippen LogP contribution in [0.1, 0.15) is 0 Å². The monoisotopic (exact) mass is 254 g/mol. The third-order valence-corrected chi connectivity index (χ3v) is 2.66. The van der Waals surface area contributed by atoms with Crippen LogP contribution in [0.15, 0.2) is 67.0 Å². The van der Waals surface area contributed by atoms with Gasteiger partial charge in [0.2, 0.25) is 0 Å². The molecule has 0 saturated carbocycles. The van der Waals surface area contributed by atoms with E-state index in [1.165, 1.54) is 12.1 Å². The number of ether oxygens (including phenoxy) is 1. The Labute approximate surface area is 109 Å². The van der Waals surface area contributed by atoms with Crippen molar-refractivity contribution in [2.45, 2.75) is 0 Å². The summed E-state index contributed by atoms with van der Waals surface area (Å²) < 4.78 is 20.1. The fourth-order valence-electron chi connectivity index (χ4n) is 1.73. The van der Waals surface area contributed by atoms with E-state index in [0.29, 0.717) is 11.5 Å². The predicted octanol–water partition coefficient (Wildman–Crippen LogP) is 3.80. The average Bonchev–Trinajstić information content (AvgIpc) is 2.96. The van der Waals surface area contributed by atoms with Gasteiger partial charge in [0.25, 0.3) is 0 Å². The fraction of sp³-hybridized carbons (Fsp3) is 0. The van der Waals surface area contributed by atoms with Gasteiger partial charge in [-0.05, 0) is 54.6 Å². The van der Waals surface area contributed by atoms with Crippen LogP contribution in [0.3, 0.4) is 0 Å². The number of hydrogen-bond acceptors (Lipinski definition) is 2. The Morgan fingerprint density at radius 3 is 2.11 bits per heavy atom. The molecular weight excluding hydrogens is 243 g/mol. The first-order chi connectivity index (χ1) is 9.31. The zero-order valence-electron chi connectivity index (χ0n) is 10.0. The number of aromatic nitrogens is 2. The Bertz CT molecular complexity index is 646. The van der Waals surface area contributed by atoms with Gasteiger partial charge in [-0.2, -0.15) is 5.10 Å². The van der Waals surface area contributed by atoms with Crippen molar-refractivity contribution < 1.29 is 9.13 Å². The Morgan fingerprint density at radius 2 is 1.53 bits per heavy atom. The molecule has 3 nitrogen and oxygen atoms in total. The number of rotatable bonds is 3. The molecule has 0 saturated heterocycles. The maximum atomic E-state index is 12.8. The van der Waals surface area contributed by atoms with Crippen LogP contribution in [-0.4, -0.2) is 9.78 Å². The van der Waals surface area contributed by atoms with Crippen molar-refractivity contribution in [3.05, 3.63) is 72.8 Å². The number of halogens is 1. The zero-order valence-corrected chi connectivity index (χ0v) is 10.0. The topological polar surface area (TPSA) is 27.1 Å². The molecular formula is C15H11FN2O. The van der Waals surface area contributed by atoms with E-state index in [0.717, 1.165) is 5.69 Å². The summed E-state index contributed by atoms with van der Waals surface area (Å²) in [6.07, 6.45) is 3.60. The van der Waals surface area contributed by atoms with Gasteiger partial charge in [0.05, 0.1) is 5.69 Å². The van der Waals surface area contributed by atoms with Crippen molar-refractivity contribution in [3.8, 4) is 17.2 Å². The second-order valence-electron chi connectivity index (χ2n) is 4.00. The van der Waals surface area contributed by atoms with E-state index >= 15 is 0 Å². The predicted molar refractivity (Wildman–Crippen MR) is 70.0 cm³/mol. The van der Waals surface area contributed by atoms with Crippen LogP contribution < -0.4 is 4.74 Å². The lowest BCUT2D eigenvalue weighted by Crippen LogP contribution is -1.93. The van der Waals surface area contributed by atoms with Crippen molar-refractivity contribution in [2.24, 2.45) is 0 Å². The molecule has 0 aliphatic carbocycles. The summed E-state index contributed by atoms with van der Waals surface area (Å²) in [5.41, 5.74) is 0.955. The molecule has 0 radical (unpaired) electrons. The van der Waals surface area contributed by atoms with E-state index in [1.54, 1.807) is 23.0 Å². The van der Waals surface area contributed by atoms with Gasteiger partial charge in [0.1, 0.15) is 17.3 Å². The first-order valence-electron chi connectivity index (χ1n) is 5.85. The molecule has 3 aromatic rings. The minimum Gasteiger partial charge on any atom is -0.457 e. The zero-order chi connectivity index (χ0) is 13.1. The molecule has 0 amide bonds. The van der Waals surface area contributed by atoms with Gasteiger partial charge < -0.3 is 4.74 Å². The minimum absolute atomic E-state index is 0.276. The summed E-state index contributed by atoms with van der Waals surface area (Å²) in [6, 6.07) is 15.3. The third-order valence-electron chi connectivity index (χ3n) is 2.66. The fourth-order valence-corrected chi connectivity index (χ4v) is 1.73. The molecule has 1 aromatic heterocycles. The molecule has 0 N–H and O–H groups in total. The van der Waals surface area contributed by atoms with Crippen molar-refractivity contribution in [3.63, 3.8) is 0 Å². The second kappa shape index (κ2) is 4.94. The molecule has 0 atom stereocenters. The van der Waals surface area contributed by atoms with Crippen LogP contribution in [0.5, 0.6) is 11.5 Å². The number of hydrogen-bond donors (Lipinski definition) is 0.